The number of unbranched alkanes of at least 4 members (excludes halogenated alkanes) is 2. The van der Waals surface area contributed by atoms with E-state index in [2.05, 4.69) is 50.0 Å². The molecule has 2 aliphatic rings. The number of allylic oxidation sites excluding steroid dienone is 4. The van der Waals surface area contributed by atoms with Gasteiger partial charge in [-0.2, -0.15) is 0 Å². The third-order valence-electron chi connectivity index (χ3n) is 6.56. The third-order valence-corrected chi connectivity index (χ3v) is 6.56. The van der Waals surface area contributed by atoms with Gasteiger partial charge in [0.05, 0.1) is 0 Å². The van der Waals surface area contributed by atoms with E-state index in [-0.39, 0.29) is 0 Å². The molecule has 0 saturated heterocycles. The molecular formula is C25H40. The summed E-state index contributed by atoms with van der Waals surface area (Å²) in [5, 5.41) is 0. The Balaban J connectivity index is 1.59. The van der Waals surface area contributed by atoms with E-state index in [0.717, 1.165) is 23.7 Å². The van der Waals surface area contributed by atoms with Crippen LogP contribution in [-0.4, -0.2) is 0 Å². The van der Waals surface area contributed by atoms with Crippen molar-refractivity contribution in [2.45, 2.75) is 97.3 Å². The predicted octanol–water partition coefficient (Wildman–Crippen LogP) is 7.71. The Morgan fingerprint density at radius 1 is 0.680 bits per heavy atom. The fourth-order valence-corrected chi connectivity index (χ4v) is 4.61. The van der Waals surface area contributed by atoms with Crippen molar-refractivity contribution in [2.24, 2.45) is 23.7 Å². The van der Waals surface area contributed by atoms with Gasteiger partial charge in [0.25, 0.3) is 0 Å². The lowest BCUT2D eigenvalue weighted by Crippen LogP contribution is -2.12. The van der Waals surface area contributed by atoms with Crippen molar-refractivity contribution in [1.29, 1.82) is 0 Å². The maximum atomic E-state index is 3.23. The van der Waals surface area contributed by atoms with Crippen molar-refractivity contribution < 1.29 is 0 Å². The van der Waals surface area contributed by atoms with E-state index in [1.165, 1.54) is 83.5 Å². The number of hydrogen-bond donors (Lipinski definition) is 0. The zero-order valence-corrected chi connectivity index (χ0v) is 16.8. The summed E-state index contributed by atoms with van der Waals surface area (Å²) in [6, 6.07) is 0. The lowest BCUT2D eigenvalue weighted by molar-refractivity contribution is 0.289. The van der Waals surface area contributed by atoms with E-state index >= 15 is 0 Å². The highest BCUT2D eigenvalue weighted by molar-refractivity contribution is 5.24. The summed E-state index contributed by atoms with van der Waals surface area (Å²) in [6.07, 6.45) is 27.2. The first-order valence-corrected chi connectivity index (χ1v) is 11.2. The monoisotopic (exact) mass is 340 g/mol. The van der Waals surface area contributed by atoms with Crippen molar-refractivity contribution in [3.05, 3.63) is 24.3 Å². The van der Waals surface area contributed by atoms with E-state index in [1.54, 1.807) is 0 Å². The van der Waals surface area contributed by atoms with Crippen molar-refractivity contribution >= 4 is 0 Å². The molecule has 0 aromatic rings. The second kappa shape index (κ2) is 12.4. The van der Waals surface area contributed by atoms with Gasteiger partial charge in [-0.15, -0.1) is 0 Å². The molecule has 25 heavy (non-hydrogen) atoms. The van der Waals surface area contributed by atoms with Crippen LogP contribution in [-0.2, 0) is 0 Å². The minimum atomic E-state index is 0.782. The fraction of sp³-hybridized carbons (Fsp3) is 0.760. The second-order valence-corrected chi connectivity index (χ2v) is 8.47. The average Bonchev–Trinajstić information content (AvgIpc) is 2.66. The topological polar surface area (TPSA) is 0 Å². The van der Waals surface area contributed by atoms with Crippen LogP contribution in [0, 0.1) is 35.5 Å². The van der Waals surface area contributed by atoms with Crippen molar-refractivity contribution in [3.8, 4) is 11.8 Å². The highest BCUT2D eigenvalue weighted by atomic mass is 14.2. The molecule has 0 atom stereocenters. The molecule has 140 valence electrons. The molecule has 0 N–H and O–H groups in total. The molecule has 0 aromatic carbocycles. The van der Waals surface area contributed by atoms with Crippen LogP contribution in [0.3, 0.4) is 0 Å². The summed E-state index contributed by atoms with van der Waals surface area (Å²) >= 11 is 0. The van der Waals surface area contributed by atoms with Gasteiger partial charge < -0.3 is 0 Å². The Kier molecular flexibility index (Phi) is 10.1. The molecule has 0 heteroatoms. The van der Waals surface area contributed by atoms with E-state index in [1.807, 2.05) is 0 Å². The van der Waals surface area contributed by atoms with Crippen LogP contribution in [0.15, 0.2) is 24.3 Å². The molecule has 0 heterocycles. The average molecular weight is 341 g/mol. The van der Waals surface area contributed by atoms with Crippen LogP contribution in [0.5, 0.6) is 0 Å². The highest BCUT2D eigenvalue weighted by Gasteiger charge is 2.19. The molecule has 2 saturated carbocycles. The Morgan fingerprint density at radius 2 is 1.20 bits per heavy atom. The van der Waals surface area contributed by atoms with Crippen LogP contribution in [0.1, 0.15) is 97.3 Å². The van der Waals surface area contributed by atoms with Crippen LogP contribution in [0.4, 0.5) is 0 Å². The van der Waals surface area contributed by atoms with E-state index in [0.29, 0.717) is 0 Å². The van der Waals surface area contributed by atoms with Gasteiger partial charge in [-0.05, 0) is 87.2 Å². The first-order chi connectivity index (χ1) is 12.3. The summed E-state index contributed by atoms with van der Waals surface area (Å²) in [7, 11) is 0. The highest BCUT2D eigenvalue weighted by Crippen LogP contribution is 2.33. The summed E-state index contributed by atoms with van der Waals surface area (Å²) in [5.74, 6) is 10.0. The SMILES string of the molecule is CCCCC[C@H]1CC[C@H](/C=C/C#C/C=C/[C@H]2CC[C@H](CC)CC2)CC1. The molecule has 0 amide bonds. The molecule has 0 aromatic heterocycles. The predicted molar refractivity (Wildman–Crippen MR) is 111 cm³/mol. The van der Waals surface area contributed by atoms with Crippen molar-refractivity contribution in [1.82, 2.24) is 0 Å². The van der Waals surface area contributed by atoms with Gasteiger partial charge in [-0.1, -0.05) is 69.9 Å². The molecule has 2 aliphatic carbocycles. The maximum Gasteiger partial charge on any atom is -0.0153 e. The number of rotatable bonds is 7. The normalized spacial score (nSPS) is 30.5. The molecular weight excluding hydrogens is 300 g/mol. The minimum Gasteiger partial charge on any atom is -0.0730 e. The molecule has 0 aliphatic heterocycles. The van der Waals surface area contributed by atoms with Gasteiger partial charge >= 0.3 is 0 Å². The van der Waals surface area contributed by atoms with Gasteiger partial charge in [0.15, 0.2) is 0 Å². The summed E-state index contributed by atoms with van der Waals surface area (Å²) in [4.78, 5) is 0. The second-order valence-electron chi connectivity index (χ2n) is 8.47. The van der Waals surface area contributed by atoms with Crippen LogP contribution < -0.4 is 0 Å². The molecule has 2 rings (SSSR count). The Bertz CT molecular complexity index is 442. The van der Waals surface area contributed by atoms with Crippen molar-refractivity contribution in [2.75, 3.05) is 0 Å². The summed E-state index contributed by atoms with van der Waals surface area (Å²) < 4.78 is 0. The van der Waals surface area contributed by atoms with E-state index in [9.17, 15) is 0 Å². The lowest BCUT2D eigenvalue weighted by Gasteiger charge is -2.26. The van der Waals surface area contributed by atoms with Gasteiger partial charge in [-0.25, -0.2) is 0 Å². The fourth-order valence-electron chi connectivity index (χ4n) is 4.61. The van der Waals surface area contributed by atoms with Gasteiger partial charge in [-0.3, -0.25) is 0 Å². The first-order valence-electron chi connectivity index (χ1n) is 11.2. The summed E-state index contributed by atoms with van der Waals surface area (Å²) in [5.41, 5.74) is 0. The van der Waals surface area contributed by atoms with Crippen LogP contribution in [0.2, 0.25) is 0 Å². The van der Waals surface area contributed by atoms with E-state index < -0.39 is 0 Å². The largest absolute Gasteiger partial charge is 0.0730 e. The van der Waals surface area contributed by atoms with Crippen molar-refractivity contribution in [3.63, 3.8) is 0 Å². The molecule has 0 unspecified atom stereocenters. The Hall–Kier alpha value is -0.960. The number of hydrogen-bond acceptors (Lipinski definition) is 0. The molecule has 0 bridgehead atoms. The molecule has 0 spiro atoms. The Labute approximate surface area is 157 Å². The summed E-state index contributed by atoms with van der Waals surface area (Å²) in [6.45, 7) is 4.63. The standard InChI is InChI=1S/C25H40/c1-3-5-8-11-23-18-20-25(21-19-23)13-10-7-6-9-12-24-16-14-22(4-2)15-17-24/h9-10,12-13,22-25H,3-5,8,11,14-21H2,1-2H3/b12-9+,13-10+/t22-,23-,24-,25-. The van der Waals surface area contributed by atoms with E-state index in [4.69, 9.17) is 0 Å². The van der Waals surface area contributed by atoms with Gasteiger partial charge in [0.2, 0.25) is 0 Å². The molecule has 0 radical (unpaired) electrons. The minimum absolute atomic E-state index is 0.782. The quantitative estimate of drug-likeness (QED) is 0.329. The van der Waals surface area contributed by atoms with Crippen LogP contribution >= 0.6 is 0 Å². The van der Waals surface area contributed by atoms with Gasteiger partial charge in [0.1, 0.15) is 0 Å². The maximum absolute atomic E-state index is 3.23. The zero-order chi connectivity index (χ0) is 17.7. The molecule has 0 nitrogen and oxygen atoms in total. The first kappa shape index (κ1) is 20.4. The third kappa shape index (κ3) is 8.31. The van der Waals surface area contributed by atoms with Gasteiger partial charge in [0, 0.05) is 0 Å². The zero-order valence-electron chi connectivity index (χ0n) is 16.8. The Morgan fingerprint density at radius 3 is 1.68 bits per heavy atom. The lowest BCUT2D eigenvalue weighted by atomic mass is 9.79. The smallest absolute Gasteiger partial charge is 0.0153 e. The molecule has 2 fully saturated rings. The van der Waals surface area contributed by atoms with Crippen LogP contribution in [0.25, 0.3) is 0 Å².